The number of carbonyl (C=O) groups is 2. The summed E-state index contributed by atoms with van der Waals surface area (Å²) in [6, 6.07) is 8.16. The molecular weight excluding hydrogens is 408 g/mol. The molecule has 178 valence electrons. The number of hydrogen-bond donors (Lipinski definition) is 0. The zero-order valence-electron chi connectivity index (χ0n) is 19.6. The highest BCUT2D eigenvalue weighted by atomic mass is 16.5. The van der Waals surface area contributed by atoms with Crippen molar-refractivity contribution in [2.24, 2.45) is 0 Å². The highest BCUT2D eigenvalue weighted by Gasteiger charge is 2.46. The van der Waals surface area contributed by atoms with Crippen molar-refractivity contribution in [2.75, 3.05) is 53.1 Å². The third-order valence-electron chi connectivity index (χ3n) is 6.39. The number of hydrogen-bond acceptors (Lipinski definition) is 5. The van der Waals surface area contributed by atoms with Crippen molar-refractivity contribution in [1.29, 1.82) is 0 Å². The molecule has 1 saturated heterocycles. The molecule has 1 unspecified atom stereocenters. The zero-order valence-corrected chi connectivity index (χ0v) is 19.6. The molecule has 0 bridgehead atoms. The lowest BCUT2D eigenvalue weighted by atomic mass is 9.90. The van der Waals surface area contributed by atoms with Gasteiger partial charge in [0.2, 0.25) is 5.91 Å². The smallest absolute Gasteiger partial charge is 0.256 e. The van der Waals surface area contributed by atoms with Gasteiger partial charge in [-0.2, -0.15) is 0 Å². The van der Waals surface area contributed by atoms with Gasteiger partial charge < -0.3 is 24.0 Å². The molecule has 1 fully saturated rings. The average Bonchev–Trinajstić information content (AvgIpc) is 2.82. The lowest BCUT2D eigenvalue weighted by Crippen LogP contribution is -2.62. The largest absolute Gasteiger partial charge is 0.491 e. The van der Waals surface area contributed by atoms with Crippen LogP contribution in [0.4, 0.5) is 0 Å². The van der Waals surface area contributed by atoms with Crippen LogP contribution in [0.1, 0.15) is 51.0 Å². The number of nitrogens with zero attached hydrogens (tertiary/aromatic N) is 2. The number of rotatable bonds is 6. The van der Waals surface area contributed by atoms with E-state index in [9.17, 15) is 9.59 Å². The maximum Gasteiger partial charge on any atom is 0.256 e. The number of amides is 2. The summed E-state index contributed by atoms with van der Waals surface area (Å²) < 4.78 is 17.4. The molecule has 2 heterocycles. The Morgan fingerprint density at radius 3 is 2.84 bits per heavy atom. The number of unbranched alkanes of at least 4 members (excludes halogenated alkanes) is 1. The highest BCUT2D eigenvalue weighted by Crippen LogP contribution is 2.30. The van der Waals surface area contributed by atoms with E-state index in [1.807, 2.05) is 23.1 Å². The van der Waals surface area contributed by atoms with Crippen LogP contribution in [0.25, 0.3) is 0 Å². The highest BCUT2D eigenvalue weighted by molar-refractivity contribution is 5.87. The zero-order chi connectivity index (χ0) is 22.8. The second-order valence-corrected chi connectivity index (χ2v) is 8.71. The second-order valence-electron chi connectivity index (χ2n) is 8.71. The Morgan fingerprint density at radius 1 is 1.19 bits per heavy atom. The fraction of sp³-hybridized carbons (Fsp3) is 0.680. The summed E-state index contributed by atoms with van der Waals surface area (Å²) >= 11 is 0. The van der Waals surface area contributed by atoms with E-state index in [-0.39, 0.29) is 11.8 Å². The number of morpholine rings is 1. The number of ether oxygens (including phenoxy) is 3. The van der Waals surface area contributed by atoms with Crippen molar-refractivity contribution in [2.45, 2.75) is 57.5 Å². The minimum absolute atomic E-state index is 0.00681. The second kappa shape index (κ2) is 12.2. The van der Waals surface area contributed by atoms with E-state index < -0.39 is 5.60 Å². The monoisotopic (exact) mass is 446 g/mol. The maximum atomic E-state index is 13.9. The predicted octanol–water partition coefficient (Wildman–Crippen LogP) is 3.05. The van der Waals surface area contributed by atoms with Crippen LogP contribution in [0.3, 0.4) is 0 Å². The fourth-order valence-corrected chi connectivity index (χ4v) is 4.53. The van der Waals surface area contributed by atoms with Gasteiger partial charge in [-0.1, -0.05) is 31.5 Å². The van der Waals surface area contributed by atoms with Crippen LogP contribution in [-0.2, 0) is 25.5 Å². The molecule has 3 rings (SSSR count). The first-order valence-corrected chi connectivity index (χ1v) is 12.0. The van der Waals surface area contributed by atoms with E-state index in [0.29, 0.717) is 58.8 Å². The van der Waals surface area contributed by atoms with E-state index in [4.69, 9.17) is 14.2 Å². The van der Waals surface area contributed by atoms with Crippen molar-refractivity contribution in [1.82, 2.24) is 9.80 Å². The van der Waals surface area contributed by atoms with Gasteiger partial charge in [-0.15, -0.1) is 0 Å². The third-order valence-corrected chi connectivity index (χ3v) is 6.39. The van der Waals surface area contributed by atoms with Crippen LogP contribution >= 0.6 is 0 Å². The van der Waals surface area contributed by atoms with Gasteiger partial charge >= 0.3 is 0 Å². The van der Waals surface area contributed by atoms with Gasteiger partial charge in [0.05, 0.1) is 32.7 Å². The molecule has 0 aromatic heterocycles. The minimum atomic E-state index is -0.979. The molecule has 1 atom stereocenters. The Labute approximate surface area is 192 Å². The Bertz CT molecular complexity index is 756. The van der Waals surface area contributed by atoms with Gasteiger partial charge in [0.1, 0.15) is 12.4 Å². The number of fused-ring (bicyclic) bond motifs is 1. The summed E-state index contributed by atoms with van der Waals surface area (Å²) in [6.07, 6.45) is 5.55. The van der Waals surface area contributed by atoms with Crippen molar-refractivity contribution in [3.8, 4) is 5.75 Å². The van der Waals surface area contributed by atoms with Crippen LogP contribution in [-0.4, -0.2) is 80.3 Å². The summed E-state index contributed by atoms with van der Waals surface area (Å²) in [7, 11) is 1.59. The van der Waals surface area contributed by atoms with E-state index in [0.717, 1.165) is 37.9 Å². The quantitative estimate of drug-likeness (QED) is 0.672. The molecular formula is C25H38N2O5. The molecule has 32 heavy (non-hydrogen) atoms. The third kappa shape index (κ3) is 6.23. The molecule has 2 aliphatic heterocycles. The molecule has 0 radical (unpaired) electrons. The Balaban J connectivity index is 1.82. The first-order chi connectivity index (χ1) is 15.6. The summed E-state index contributed by atoms with van der Waals surface area (Å²) in [4.78, 5) is 30.2. The molecule has 1 aromatic carbocycles. The molecule has 7 nitrogen and oxygen atoms in total. The molecule has 0 N–H and O–H groups in total. The van der Waals surface area contributed by atoms with Gasteiger partial charge in [0.15, 0.2) is 5.60 Å². The van der Waals surface area contributed by atoms with Crippen LogP contribution in [0, 0.1) is 0 Å². The lowest BCUT2D eigenvalue weighted by molar-refractivity contribution is -0.177. The Kier molecular flexibility index (Phi) is 9.36. The summed E-state index contributed by atoms with van der Waals surface area (Å²) in [6.45, 7) is 5.34. The van der Waals surface area contributed by atoms with Gasteiger partial charge in [-0.3, -0.25) is 9.59 Å². The van der Waals surface area contributed by atoms with Gasteiger partial charge in [-0.25, -0.2) is 0 Å². The van der Waals surface area contributed by atoms with Crippen LogP contribution in [0.15, 0.2) is 24.3 Å². The number of aryl methyl sites for hydroxylation is 1. The minimum Gasteiger partial charge on any atom is -0.491 e. The van der Waals surface area contributed by atoms with Crippen LogP contribution < -0.4 is 4.74 Å². The van der Waals surface area contributed by atoms with Crippen molar-refractivity contribution in [3.63, 3.8) is 0 Å². The van der Waals surface area contributed by atoms with Crippen molar-refractivity contribution >= 4 is 11.8 Å². The maximum absolute atomic E-state index is 13.9. The molecule has 1 spiro atoms. The normalized spacial score (nSPS) is 22.6. The van der Waals surface area contributed by atoms with E-state index in [1.54, 1.807) is 12.0 Å². The number of benzene rings is 1. The Hall–Kier alpha value is -2.12. The first kappa shape index (κ1) is 24.5. The first-order valence-electron chi connectivity index (χ1n) is 12.0. The number of carbonyl (C=O) groups excluding carboxylic acids is 2. The number of para-hydroxylation sites is 1. The predicted molar refractivity (Wildman–Crippen MR) is 123 cm³/mol. The molecule has 0 aliphatic carbocycles. The standard InChI is InChI=1S/C25H38N2O5/c1-3-4-14-26-15-18-31-22-11-6-5-9-21(22)10-7-8-13-25(24(26)29)20-27(16-19-32-25)23(28)12-17-30-2/h5-6,9,11H,3-4,7-8,10,12-20H2,1-2H3. The lowest BCUT2D eigenvalue weighted by Gasteiger charge is -2.44. The molecule has 2 aliphatic rings. The summed E-state index contributed by atoms with van der Waals surface area (Å²) in [5, 5.41) is 0. The average molecular weight is 447 g/mol. The molecule has 2 amide bonds. The SMILES string of the molecule is CCCCN1CCOc2ccccc2CCCCC2(CN(C(=O)CCOC)CCO2)C1=O. The summed E-state index contributed by atoms with van der Waals surface area (Å²) in [5.74, 6) is 0.924. The molecule has 1 aromatic rings. The molecule has 7 heteroatoms. The molecule has 0 saturated carbocycles. The van der Waals surface area contributed by atoms with Gasteiger partial charge in [0, 0.05) is 20.2 Å². The van der Waals surface area contributed by atoms with Crippen LogP contribution in [0.2, 0.25) is 0 Å². The van der Waals surface area contributed by atoms with Crippen LogP contribution in [0.5, 0.6) is 5.75 Å². The van der Waals surface area contributed by atoms with Crippen molar-refractivity contribution < 1.29 is 23.8 Å². The van der Waals surface area contributed by atoms with E-state index in [2.05, 4.69) is 13.0 Å². The number of methoxy groups -OCH3 is 1. The topological polar surface area (TPSA) is 68.3 Å². The fourth-order valence-electron chi connectivity index (χ4n) is 4.53. The van der Waals surface area contributed by atoms with Gasteiger partial charge in [0.25, 0.3) is 5.91 Å². The summed E-state index contributed by atoms with van der Waals surface area (Å²) in [5.41, 5.74) is 0.225. The Morgan fingerprint density at radius 2 is 2.03 bits per heavy atom. The van der Waals surface area contributed by atoms with Gasteiger partial charge in [-0.05, 0) is 43.7 Å². The van der Waals surface area contributed by atoms with E-state index >= 15 is 0 Å². The van der Waals surface area contributed by atoms with Crippen molar-refractivity contribution in [3.05, 3.63) is 29.8 Å². The van der Waals surface area contributed by atoms with E-state index in [1.165, 1.54) is 5.56 Å².